The lowest BCUT2D eigenvalue weighted by Gasteiger charge is -2.32. The average Bonchev–Trinajstić information content (AvgIpc) is 2.97. The SMILES string of the molecule is COCCc1noc(CNC(=O)N2CCC[C@@H](CS(C)(=O)=O)C2)n1. The minimum atomic E-state index is -3.04. The maximum absolute atomic E-state index is 12.2. The van der Waals surface area contributed by atoms with E-state index in [2.05, 4.69) is 15.5 Å². The van der Waals surface area contributed by atoms with E-state index in [-0.39, 0.29) is 24.2 Å². The molecule has 10 heteroatoms. The number of urea groups is 1. The van der Waals surface area contributed by atoms with Crippen LogP contribution in [0.1, 0.15) is 24.6 Å². The van der Waals surface area contributed by atoms with E-state index in [0.29, 0.717) is 37.8 Å². The number of carbonyl (C=O) groups excluding carboxylic acids is 1. The summed E-state index contributed by atoms with van der Waals surface area (Å²) < 4.78 is 32.8. The molecule has 0 bridgehead atoms. The fourth-order valence-corrected chi connectivity index (χ4v) is 3.86. The molecule has 1 fully saturated rings. The van der Waals surface area contributed by atoms with Crippen LogP contribution in [-0.2, 0) is 27.5 Å². The molecule has 1 aromatic heterocycles. The van der Waals surface area contributed by atoms with Gasteiger partial charge in [0.2, 0.25) is 5.89 Å². The van der Waals surface area contributed by atoms with Crippen LogP contribution in [0.15, 0.2) is 4.52 Å². The second-order valence-electron chi connectivity index (χ2n) is 6.05. The molecule has 2 rings (SSSR count). The Kier molecular flexibility index (Phi) is 6.55. The maximum atomic E-state index is 12.2. The topological polar surface area (TPSA) is 115 Å². The molecule has 0 aromatic carbocycles. The second-order valence-corrected chi connectivity index (χ2v) is 8.24. The molecule has 0 unspecified atom stereocenters. The summed E-state index contributed by atoms with van der Waals surface area (Å²) in [6.07, 6.45) is 3.40. The molecule has 24 heavy (non-hydrogen) atoms. The van der Waals surface area contributed by atoms with Crippen LogP contribution in [0, 0.1) is 5.92 Å². The summed E-state index contributed by atoms with van der Waals surface area (Å²) in [4.78, 5) is 18.0. The molecule has 1 atom stereocenters. The Balaban J connectivity index is 1.80. The van der Waals surface area contributed by atoms with Crippen molar-refractivity contribution in [3.05, 3.63) is 11.7 Å². The third kappa shape index (κ3) is 6.08. The third-order valence-corrected chi connectivity index (χ3v) is 4.85. The Morgan fingerprint density at radius 3 is 3.00 bits per heavy atom. The minimum Gasteiger partial charge on any atom is -0.384 e. The van der Waals surface area contributed by atoms with Crippen molar-refractivity contribution in [2.24, 2.45) is 5.92 Å². The minimum absolute atomic E-state index is 0.0106. The standard InChI is InChI=1S/C14H24N4O5S/c1-22-7-5-12-16-13(23-17-12)8-15-14(19)18-6-3-4-11(9-18)10-24(2,20)21/h11H,3-10H2,1-2H3,(H,15,19)/t11-/m1/s1. The first-order valence-corrected chi connectivity index (χ1v) is 9.94. The number of nitrogens with zero attached hydrogens (tertiary/aromatic N) is 3. The zero-order chi connectivity index (χ0) is 17.6. The largest absolute Gasteiger partial charge is 0.384 e. The number of ether oxygens (including phenoxy) is 1. The van der Waals surface area contributed by atoms with Gasteiger partial charge < -0.3 is 19.5 Å². The number of hydrogen-bond acceptors (Lipinski definition) is 7. The van der Waals surface area contributed by atoms with E-state index >= 15 is 0 Å². The Morgan fingerprint density at radius 2 is 2.29 bits per heavy atom. The van der Waals surface area contributed by atoms with Crippen molar-refractivity contribution in [2.75, 3.05) is 38.8 Å². The molecule has 0 saturated carbocycles. The van der Waals surface area contributed by atoms with Gasteiger partial charge in [-0.3, -0.25) is 0 Å². The molecule has 1 aliphatic rings. The van der Waals surface area contributed by atoms with Gasteiger partial charge in [-0.2, -0.15) is 4.98 Å². The highest BCUT2D eigenvalue weighted by Crippen LogP contribution is 2.18. The highest BCUT2D eigenvalue weighted by atomic mass is 32.2. The Bertz CT molecular complexity index is 645. The zero-order valence-corrected chi connectivity index (χ0v) is 14.8. The van der Waals surface area contributed by atoms with Crippen LogP contribution in [0.5, 0.6) is 0 Å². The first-order valence-electron chi connectivity index (χ1n) is 7.88. The van der Waals surface area contributed by atoms with Crippen molar-refractivity contribution in [3.8, 4) is 0 Å². The maximum Gasteiger partial charge on any atom is 0.317 e. The van der Waals surface area contributed by atoms with E-state index < -0.39 is 9.84 Å². The fraction of sp³-hybridized carbons (Fsp3) is 0.786. The van der Waals surface area contributed by atoms with Gasteiger partial charge >= 0.3 is 6.03 Å². The monoisotopic (exact) mass is 360 g/mol. The number of carbonyl (C=O) groups is 1. The summed E-state index contributed by atoms with van der Waals surface area (Å²) in [6, 6.07) is -0.246. The molecule has 0 radical (unpaired) electrons. The van der Waals surface area contributed by atoms with Gasteiger partial charge in [0.05, 0.1) is 18.9 Å². The van der Waals surface area contributed by atoms with Crippen molar-refractivity contribution >= 4 is 15.9 Å². The molecule has 1 aliphatic heterocycles. The third-order valence-electron chi connectivity index (χ3n) is 3.78. The smallest absolute Gasteiger partial charge is 0.317 e. The summed E-state index contributed by atoms with van der Waals surface area (Å²) >= 11 is 0. The van der Waals surface area contributed by atoms with Crippen LogP contribution in [0.4, 0.5) is 4.79 Å². The van der Waals surface area contributed by atoms with Gasteiger partial charge in [0, 0.05) is 32.9 Å². The number of aromatic nitrogens is 2. The molecule has 0 spiro atoms. The number of nitrogens with one attached hydrogen (secondary N) is 1. The van der Waals surface area contributed by atoms with E-state index in [4.69, 9.17) is 9.26 Å². The number of sulfone groups is 1. The summed E-state index contributed by atoms with van der Waals surface area (Å²) in [6.45, 7) is 1.71. The van der Waals surface area contributed by atoms with Crippen molar-refractivity contribution in [1.29, 1.82) is 0 Å². The van der Waals surface area contributed by atoms with Crippen LogP contribution in [0.25, 0.3) is 0 Å². The van der Waals surface area contributed by atoms with Crippen LogP contribution < -0.4 is 5.32 Å². The highest BCUT2D eigenvalue weighted by Gasteiger charge is 2.26. The molecule has 136 valence electrons. The molecule has 0 aliphatic carbocycles. The molecule has 9 nitrogen and oxygen atoms in total. The Labute approximate surface area is 141 Å². The molecule has 2 heterocycles. The summed E-state index contributed by atoms with van der Waals surface area (Å²) in [5, 5.41) is 6.53. The van der Waals surface area contributed by atoms with E-state index in [1.54, 1.807) is 12.0 Å². The van der Waals surface area contributed by atoms with Crippen LogP contribution in [0.2, 0.25) is 0 Å². The predicted molar refractivity (Wildman–Crippen MR) is 86.1 cm³/mol. The van der Waals surface area contributed by atoms with Gasteiger partial charge in [0.15, 0.2) is 5.82 Å². The molecule has 1 N–H and O–H groups in total. The van der Waals surface area contributed by atoms with E-state index in [1.807, 2.05) is 0 Å². The molecular weight excluding hydrogens is 336 g/mol. The number of hydrogen-bond donors (Lipinski definition) is 1. The predicted octanol–water partition coefficient (Wildman–Crippen LogP) is 0.225. The quantitative estimate of drug-likeness (QED) is 0.740. The highest BCUT2D eigenvalue weighted by molar-refractivity contribution is 7.90. The second kappa shape index (κ2) is 8.43. The fourth-order valence-electron chi connectivity index (χ4n) is 2.73. The first-order chi connectivity index (χ1) is 11.4. The van der Waals surface area contributed by atoms with Gasteiger partial charge in [-0.15, -0.1) is 0 Å². The zero-order valence-electron chi connectivity index (χ0n) is 14.0. The number of amides is 2. The molecule has 1 saturated heterocycles. The molecule has 1 aromatic rings. The van der Waals surface area contributed by atoms with Gasteiger partial charge in [0.25, 0.3) is 0 Å². The van der Waals surface area contributed by atoms with Crippen LogP contribution >= 0.6 is 0 Å². The summed E-state index contributed by atoms with van der Waals surface area (Å²) in [5.41, 5.74) is 0. The van der Waals surface area contributed by atoms with Gasteiger partial charge in [0.1, 0.15) is 9.84 Å². The lowest BCUT2D eigenvalue weighted by atomic mass is 10.0. The van der Waals surface area contributed by atoms with Gasteiger partial charge in [-0.1, -0.05) is 5.16 Å². The van der Waals surface area contributed by atoms with Crippen molar-refractivity contribution in [2.45, 2.75) is 25.8 Å². The normalized spacial score (nSPS) is 18.6. The van der Waals surface area contributed by atoms with Crippen LogP contribution in [-0.4, -0.2) is 68.3 Å². The van der Waals surface area contributed by atoms with Crippen molar-refractivity contribution in [3.63, 3.8) is 0 Å². The van der Waals surface area contributed by atoms with E-state index in [1.165, 1.54) is 6.26 Å². The Hall–Kier alpha value is -1.68. The number of rotatable bonds is 7. The summed E-state index contributed by atoms with van der Waals surface area (Å²) in [7, 11) is -1.44. The van der Waals surface area contributed by atoms with Crippen LogP contribution in [0.3, 0.4) is 0 Å². The van der Waals surface area contributed by atoms with Gasteiger partial charge in [-0.05, 0) is 18.8 Å². The van der Waals surface area contributed by atoms with E-state index in [9.17, 15) is 13.2 Å². The van der Waals surface area contributed by atoms with Crippen molar-refractivity contribution in [1.82, 2.24) is 20.4 Å². The lowest BCUT2D eigenvalue weighted by Crippen LogP contribution is -2.46. The average molecular weight is 360 g/mol. The molecule has 2 amide bonds. The molecular formula is C14H24N4O5S. The number of piperidine rings is 1. The summed E-state index contributed by atoms with van der Waals surface area (Å²) in [5.74, 6) is 0.971. The number of methoxy groups -OCH3 is 1. The van der Waals surface area contributed by atoms with Crippen molar-refractivity contribution < 1.29 is 22.5 Å². The first kappa shape index (κ1) is 18.7. The lowest BCUT2D eigenvalue weighted by molar-refractivity contribution is 0.168. The van der Waals surface area contributed by atoms with E-state index in [0.717, 1.165) is 12.8 Å². The number of likely N-dealkylation sites (tertiary alicyclic amines) is 1. The Morgan fingerprint density at radius 1 is 1.50 bits per heavy atom. The van der Waals surface area contributed by atoms with Gasteiger partial charge in [-0.25, -0.2) is 13.2 Å².